The van der Waals surface area contributed by atoms with E-state index in [-0.39, 0.29) is 17.3 Å². The first-order valence-electron chi connectivity index (χ1n) is 15.0. The first-order valence-corrected chi connectivity index (χ1v) is 18.6. The van der Waals surface area contributed by atoms with Crippen molar-refractivity contribution in [2.24, 2.45) is 0 Å². The predicted octanol–water partition coefficient (Wildman–Crippen LogP) is 4.46. The van der Waals surface area contributed by atoms with Crippen LogP contribution in [-0.4, -0.2) is 61.3 Å². The third kappa shape index (κ3) is 11.7. The maximum Gasteiger partial charge on any atom is 0.306 e. The minimum absolute atomic E-state index is 0.0482. The van der Waals surface area contributed by atoms with E-state index in [0.29, 0.717) is 37.3 Å². The topological polar surface area (TPSA) is 128 Å². The van der Waals surface area contributed by atoms with Gasteiger partial charge >= 0.3 is 20.2 Å². The summed E-state index contributed by atoms with van der Waals surface area (Å²) >= 11 is 0. The maximum absolute atomic E-state index is 14.5. The van der Waals surface area contributed by atoms with Gasteiger partial charge in [-0.3, -0.25) is 4.79 Å². The summed E-state index contributed by atoms with van der Waals surface area (Å²) in [6.07, 6.45) is 3.53. The normalized spacial score (nSPS) is 13.1. The molecule has 4 aromatic carbocycles. The van der Waals surface area contributed by atoms with E-state index in [2.05, 4.69) is 34.9 Å². The van der Waals surface area contributed by atoms with E-state index in [1.807, 2.05) is 36.4 Å². The molecule has 2 N–H and O–H groups in total. The second-order valence-electron chi connectivity index (χ2n) is 11.1. The standard InChI is InChI=1S/C35H40N2O7S2/c1-45(39,40)43-31-17-13-29(14-18-31)33(25-36-23-21-27-9-5-3-6-10-27)35(38)34(26-37-24-22-28-11-7-4-8-12-28)30-15-19-32(20-16-30)44-46(2,41)42/h3-20,33-34,36-37H,21-26H2,1-2H3. The largest absolute Gasteiger partial charge is 0.383 e. The molecule has 11 heteroatoms. The zero-order chi connectivity index (χ0) is 33.0. The van der Waals surface area contributed by atoms with Crippen molar-refractivity contribution in [2.75, 3.05) is 38.7 Å². The summed E-state index contributed by atoms with van der Waals surface area (Å²) < 4.78 is 56.6. The Labute approximate surface area is 272 Å². The van der Waals surface area contributed by atoms with Gasteiger partial charge in [-0.1, -0.05) is 84.9 Å². The van der Waals surface area contributed by atoms with Gasteiger partial charge in [-0.15, -0.1) is 0 Å². The third-order valence-corrected chi connectivity index (χ3v) is 8.30. The molecule has 2 unspecified atom stereocenters. The lowest BCUT2D eigenvalue weighted by molar-refractivity contribution is -0.121. The predicted molar refractivity (Wildman–Crippen MR) is 180 cm³/mol. The van der Waals surface area contributed by atoms with Gasteiger partial charge in [0, 0.05) is 13.1 Å². The van der Waals surface area contributed by atoms with E-state index < -0.39 is 32.1 Å². The molecule has 0 heterocycles. The highest BCUT2D eigenvalue weighted by atomic mass is 32.2. The lowest BCUT2D eigenvalue weighted by Crippen LogP contribution is -2.35. The van der Waals surface area contributed by atoms with Crippen LogP contribution in [0, 0.1) is 0 Å². The first kappa shape index (κ1) is 34.8. The maximum atomic E-state index is 14.5. The van der Waals surface area contributed by atoms with Crippen LogP contribution in [0.1, 0.15) is 34.1 Å². The van der Waals surface area contributed by atoms with Crippen LogP contribution in [0.5, 0.6) is 11.5 Å². The zero-order valence-electron chi connectivity index (χ0n) is 26.0. The minimum atomic E-state index is -3.70. The highest BCUT2D eigenvalue weighted by molar-refractivity contribution is 7.86. The fourth-order valence-electron chi connectivity index (χ4n) is 5.12. The summed E-state index contributed by atoms with van der Waals surface area (Å²) in [5.74, 6) is -0.870. The number of nitrogens with one attached hydrogen (secondary N) is 2. The average molecular weight is 665 g/mol. The number of rotatable bonds is 18. The molecule has 2 atom stereocenters. The van der Waals surface area contributed by atoms with E-state index in [4.69, 9.17) is 8.37 Å². The van der Waals surface area contributed by atoms with Crippen LogP contribution >= 0.6 is 0 Å². The highest BCUT2D eigenvalue weighted by Crippen LogP contribution is 2.29. The summed E-state index contributed by atoms with van der Waals surface area (Å²) in [6.45, 7) is 2.02. The third-order valence-electron chi connectivity index (χ3n) is 7.31. The Kier molecular flexibility index (Phi) is 12.5. The molecule has 0 aromatic heterocycles. The Balaban J connectivity index is 1.58. The lowest BCUT2D eigenvalue weighted by Gasteiger charge is -2.25. The van der Waals surface area contributed by atoms with Crippen molar-refractivity contribution in [1.29, 1.82) is 0 Å². The van der Waals surface area contributed by atoms with Crippen molar-refractivity contribution in [3.05, 3.63) is 131 Å². The Bertz CT molecular complexity index is 1620. The molecule has 46 heavy (non-hydrogen) atoms. The van der Waals surface area contributed by atoms with Crippen LogP contribution in [0.15, 0.2) is 109 Å². The van der Waals surface area contributed by atoms with Gasteiger partial charge in [-0.05, 0) is 72.5 Å². The number of Topliss-reactive ketones (excluding diaryl/α,β-unsaturated/α-hetero) is 1. The monoisotopic (exact) mass is 664 g/mol. The summed E-state index contributed by atoms with van der Waals surface area (Å²) in [4.78, 5) is 14.5. The molecular formula is C35H40N2O7S2. The number of ketones is 1. The van der Waals surface area contributed by atoms with Crippen LogP contribution in [0.3, 0.4) is 0 Å². The first-order chi connectivity index (χ1) is 22.0. The fourth-order valence-corrected chi connectivity index (χ4v) is 6.04. The Morgan fingerprint density at radius 2 is 0.913 bits per heavy atom. The van der Waals surface area contributed by atoms with Gasteiger partial charge in [0.15, 0.2) is 0 Å². The van der Waals surface area contributed by atoms with Gasteiger partial charge in [0.2, 0.25) is 0 Å². The number of carbonyl (C=O) groups excluding carboxylic acids is 1. The van der Waals surface area contributed by atoms with Gasteiger partial charge in [-0.25, -0.2) is 0 Å². The highest BCUT2D eigenvalue weighted by Gasteiger charge is 2.29. The van der Waals surface area contributed by atoms with Crippen molar-refractivity contribution >= 4 is 26.0 Å². The molecule has 0 aliphatic carbocycles. The number of hydrogen-bond donors (Lipinski definition) is 2. The van der Waals surface area contributed by atoms with Crippen molar-refractivity contribution in [2.45, 2.75) is 24.7 Å². The molecule has 0 bridgehead atoms. The summed E-state index contributed by atoms with van der Waals surface area (Å²) in [5, 5.41) is 6.88. The molecular weight excluding hydrogens is 625 g/mol. The second-order valence-corrected chi connectivity index (χ2v) is 14.2. The average Bonchev–Trinajstić information content (AvgIpc) is 3.01. The molecule has 244 valence electrons. The SMILES string of the molecule is CS(=O)(=O)Oc1ccc(C(CNCCc2ccccc2)C(=O)C(CNCCc2ccccc2)c2ccc(OS(C)(=O)=O)cc2)cc1. The Morgan fingerprint density at radius 3 is 1.24 bits per heavy atom. The van der Waals surface area contributed by atoms with E-state index >= 15 is 0 Å². The number of benzene rings is 4. The molecule has 4 rings (SSSR count). The van der Waals surface area contributed by atoms with Crippen molar-refractivity contribution in [3.8, 4) is 11.5 Å². The molecule has 9 nitrogen and oxygen atoms in total. The summed E-state index contributed by atoms with van der Waals surface area (Å²) in [6, 6.07) is 33.2. The van der Waals surface area contributed by atoms with Crippen LogP contribution in [0.25, 0.3) is 0 Å². The van der Waals surface area contributed by atoms with Crippen molar-refractivity contribution in [1.82, 2.24) is 10.6 Å². The van der Waals surface area contributed by atoms with Crippen LogP contribution < -0.4 is 19.0 Å². The van der Waals surface area contributed by atoms with Gasteiger partial charge in [0.25, 0.3) is 0 Å². The molecule has 0 amide bonds. The van der Waals surface area contributed by atoms with E-state index in [9.17, 15) is 21.6 Å². The second kappa shape index (κ2) is 16.5. The quantitative estimate of drug-likeness (QED) is 0.117. The van der Waals surface area contributed by atoms with Crippen molar-refractivity contribution in [3.63, 3.8) is 0 Å². The van der Waals surface area contributed by atoms with Crippen molar-refractivity contribution < 1.29 is 30.0 Å². The van der Waals surface area contributed by atoms with E-state index in [0.717, 1.165) is 25.4 Å². The van der Waals surface area contributed by atoms with Gasteiger partial charge in [0.05, 0.1) is 24.3 Å². The molecule has 0 aliphatic rings. The molecule has 0 aliphatic heterocycles. The van der Waals surface area contributed by atoms with Gasteiger partial charge < -0.3 is 19.0 Å². The van der Waals surface area contributed by atoms with E-state index in [1.54, 1.807) is 48.5 Å². The van der Waals surface area contributed by atoms with Crippen LogP contribution in [0.2, 0.25) is 0 Å². The Hall–Kier alpha value is -4.03. The van der Waals surface area contributed by atoms with Crippen LogP contribution in [0.4, 0.5) is 0 Å². The molecule has 4 aromatic rings. The Morgan fingerprint density at radius 1 is 0.565 bits per heavy atom. The summed E-state index contributed by atoms with van der Waals surface area (Å²) in [7, 11) is -7.41. The van der Waals surface area contributed by atoms with Gasteiger partial charge in [0.1, 0.15) is 17.3 Å². The number of hydrogen-bond acceptors (Lipinski definition) is 9. The molecule has 0 saturated heterocycles. The fraction of sp³-hybridized carbons (Fsp3) is 0.286. The molecule has 0 radical (unpaired) electrons. The van der Waals surface area contributed by atoms with Gasteiger partial charge in [-0.2, -0.15) is 16.8 Å². The van der Waals surface area contributed by atoms with Crippen LogP contribution in [-0.2, 0) is 37.9 Å². The number of carbonyl (C=O) groups is 1. The lowest BCUT2D eigenvalue weighted by atomic mass is 9.83. The summed E-state index contributed by atoms with van der Waals surface area (Å²) in [5.41, 5.74) is 3.78. The molecule has 0 spiro atoms. The smallest absolute Gasteiger partial charge is 0.306 e. The van der Waals surface area contributed by atoms with E-state index in [1.165, 1.54) is 11.1 Å². The molecule has 0 saturated carbocycles. The molecule has 0 fully saturated rings. The zero-order valence-corrected chi connectivity index (χ0v) is 27.6. The minimum Gasteiger partial charge on any atom is -0.383 e.